The zero-order chi connectivity index (χ0) is 10.5. The second kappa shape index (κ2) is 4.32. The van der Waals surface area contributed by atoms with E-state index in [1.807, 2.05) is 12.1 Å². The molecule has 0 aliphatic carbocycles. The van der Waals surface area contributed by atoms with Crippen LogP contribution in [0.4, 0.5) is 5.82 Å². The van der Waals surface area contributed by atoms with Gasteiger partial charge in [-0.1, -0.05) is 6.07 Å². The number of pyridine rings is 1. The van der Waals surface area contributed by atoms with Gasteiger partial charge in [-0.2, -0.15) is 10.1 Å². The van der Waals surface area contributed by atoms with Crippen molar-refractivity contribution in [1.29, 1.82) is 0 Å². The van der Waals surface area contributed by atoms with E-state index in [0.717, 1.165) is 5.56 Å². The first kappa shape index (κ1) is 9.32. The van der Waals surface area contributed by atoms with Crippen molar-refractivity contribution in [2.45, 2.75) is 6.54 Å². The highest BCUT2D eigenvalue weighted by molar-refractivity contribution is 5.30. The number of aromatic amines is 1. The average molecular weight is 203 g/mol. The van der Waals surface area contributed by atoms with Crippen LogP contribution in [0.5, 0.6) is 0 Å². The summed E-state index contributed by atoms with van der Waals surface area (Å²) in [5, 5.41) is 8.79. The van der Waals surface area contributed by atoms with Gasteiger partial charge in [-0.15, -0.1) is 0 Å². The van der Waals surface area contributed by atoms with Crippen molar-refractivity contribution in [1.82, 2.24) is 20.2 Å². The van der Waals surface area contributed by atoms with E-state index in [1.165, 1.54) is 6.20 Å². The smallest absolute Gasteiger partial charge is 0.363 e. The Morgan fingerprint density at radius 3 is 3.07 bits per heavy atom. The molecule has 0 aliphatic heterocycles. The van der Waals surface area contributed by atoms with Crippen LogP contribution in [0.25, 0.3) is 0 Å². The second-order valence-electron chi connectivity index (χ2n) is 2.89. The summed E-state index contributed by atoms with van der Waals surface area (Å²) < 4.78 is 0. The highest BCUT2D eigenvalue weighted by Gasteiger charge is 1.95. The summed E-state index contributed by atoms with van der Waals surface area (Å²) >= 11 is 0. The fourth-order valence-electron chi connectivity index (χ4n) is 1.09. The maximum atomic E-state index is 10.8. The van der Waals surface area contributed by atoms with E-state index in [9.17, 15) is 4.79 Å². The van der Waals surface area contributed by atoms with Gasteiger partial charge in [0.25, 0.3) is 0 Å². The standard InChI is InChI=1S/C9H9N5O/c15-9-13-8(6-12-14-9)11-5-7-2-1-3-10-4-7/h1-4,6H,5H2,(H2,11,13,14,15). The molecule has 0 spiro atoms. The van der Waals surface area contributed by atoms with Gasteiger partial charge in [0.2, 0.25) is 0 Å². The highest BCUT2D eigenvalue weighted by Crippen LogP contribution is 2.00. The van der Waals surface area contributed by atoms with Crippen molar-refractivity contribution in [3.8, 4) is 0 Å². The van der Waals surface area contributed by atoms with Gasteiger partial charge in [-0.25, -0.2) is 9.89 Å². The monoisotopic (exact) mass is 203 g/mol. The molecule has 2 aromatic rings. The van der Waals surface area contributed by atoms with Crippen LogP contribution in [-0.2, 0) is 6.54 Å². The van der Waals surface area contributed by atoms with Gasteiger partial charge in [0, 0.05) is 18.9 Å². The predicted molar refractivity (Wildman–Crippen MR) is 54.2 cm³/mol. The van der Waals surface area contributed by atoms with Crippen molar-refractivity contribution >= 4 is 5.82 Å². The van der Waals surface area contributed by atoms with Crippen LogP contribution >= 0.6 is 0 Å². The van der Waals surface area contributed by atoms with Crippen LogP contribution in [0, 0.1) is 0 Å². The lowest BCUT2D eigenvalue weighted by Crippen LogP contribution is -2.14. The third-order valence-electron chi connectivity index (χ3n) is 1.77. The van der Waals surface area contributed by atoms with Gasteiger partial charge >= 0.3 is 5.69 Å². The topological polar surface area (TPSA) is 83.6 Å². The second-order valence-corrected chi connectivity index (χ2v) is 2.89. The first-order valence-electron chi connectivity index (χ1n) is 4.39. The molecule has 2 aromatic heterocycles. The third-order valence-corrected chi connectivity index (χ3v) is 1.77. The lowest BCUT2D eigenvalue weighted by molar-refractivity contribution is 0.906. The Labute approximate surface area is 85.4 Å². The van der Waals surface area contributed by atoms with E-state index in [4.69, 9.17) is 0 Å². The van der Waals surface area contributed by atoms with E-state index in [-0.39, 0.29) is 0 Å². The van der Waals surface area contributed by atoms with E-state index in [2.05, 4.69) is 25.5 Å². The van der Waals surface area contributed by atoms with Crippen molar-refractivity contribution in [3.63, 3.8) is 0 Å². The molecule has 0 unspecified atom stereocenters. The average Bonchev–Trinajstić information content (AvgIpc) is 2.28. The minimum atomic E-state index is -0.466. The number of anilines is 1. The van der Waals surface area contributed by atoms with Crippen LogP contribution in [0.15, 0.2) is 35.5 Å². The number of H-pyrrole nitrogens is 1. The molecule has 0 radical (unpaired) electrons. The normalized spacial score (nSPS) is 9.87. The molecule has 0 bridgehead atoms. The Bertz CT molecular complexity index is 481. The summed E-state index contributed by atoms with van der Waals surface area (Å²) in [7, 11) is 0. The first-order chi connectivity index (χ1) is 7.34. The highest BCUT2D eigenvalue weighted by atomic mass is 16.1. The number of hydrogen-bond acceptors (Lipinski definition) is 5. The molecular formula is C9H9N5O. The third kappa shape index (κ3) is 2.60. The lowest BCUT2D eigenvalue weighted by atomic mass is 10.3. The van der Waals surface area contributed by atoms with E-state index < -0.39 is 5.69 Å². The number of rotatable bonds is 3. The molecular weight excluding hydrogens is 194 g/mol. The van der Waals surface area contributed by atoms with Crippen molar-refractivity contribution in [2.24, 2.45) is 0 Å². The predicted octanol–water partition coefficient (Wildman–Crippen LogP) is 0.172. The summed E-state index contributed by atoms with van der Waals surface area (Å²) in [5.74, 6) is 0.447. The molecule has 6 nitrogen and oxygen atoms in total. The van der Waals surface area contributed by atoms with Crippen molar-refractivity contribution in [3.05, 3.63) is 46.8 Å². The van der Waals surface area contributed by atoms with Crippen LogP contribution < -0.4 is 11.0 Å². The largest absolute Gasteiger partial charge is 0.364 e. The molecule has 0 aromatic carbocycles. The zero-order valence-corrected chi connectivity index (χ0v) is 7.84. The fourth-order valence-corrected chi connectivity index (χ4v) is 1.09. The molecule has 2 N–H and O–H groups in total. The van der Waals surface area contributed by atoms with Gasteiger partial charge in [0.15, 0.2) is 5.82 Å². The molecule has 0 atom stereocenters. The van der Waals surface area contributed by atoms with E-state index in [1.54, 1.807) is 12.4 Å². The maximum absolute atomic E-state index is 10.8. The minimum absolute atomic E-state index is 0.447. The summed E-state index contributed by atoms with van der Waals surface area (Å²) in [6, 6.07) is 3.78. The van der Waals surface area contributed by atoms with Crippen LogP contribution in [-0.4, -0.2) is 20.2 Å². The van der Waals surface area contributed by atoms with E-state index in [0.29, 0.717) is 12.4 Å². The molecule has 0 amide bonds. The van der Waals surface area contributed by atoms with Gasteiger partial charge in [-0.05, 0) is 11.6 Å². The Morgan fingerprint density at radius 1 is 1.40 bits per heavy atom. The lowest BCUT2D eigenvalue weighted by Gasteiger charge is -2.02. The molecule has 15 heavy (non-hydrogen) atoms. The van der Waals surface area contributed by atoms with Gasteiger partial charge in [-0.3, -0.25) is 4.98 Å². The quantitative estimate of drug-likeness (QED) is 0.743. The maximum Gasteiger partial charge on any atom is 0.363 e. The summed E-state index contributed by atoms with van der Waals surface area (Å²) in [4.78, 5) is 18.5. The molecule has 76 valence electrons. The first-order valence-corrected chi connectivity index (χ1v) is 4.39. The summed E-state index contributed by atoms with van der Waals surface area (Å²) in [6.07, 6.45) is 4.90. The SMILES string of the molecule is O=c1nc(NCc2cccnc2)cn[nH]1. The van der Waals surface area contributed by atoms with Crippen LogP contribution in [0.1, 0.15) is 5.56 Å². The van der Waals surface area contributed by atoms with E-state index >= 15 is 0 Å². The molecule has 0 fully saturated rings. The Morgan fingerprint density at radius 2 is 2.33 bits per heavy atom. The molecule has 0 aliphatic rings. The fraction of sp³-hybridized carbons (Fsp3) is 0.111. The number of aromatic nitrogens is 4. The summed E-state index contributed by atoms with van der Waals surface area (Å²) in [5.41, 5.74) is 0.547. The Hall–Kier alpha value is -2.24. The van der Waals surface area contributed by atoms with Gasteiger partial charge in [0.05, 0.1) is 6.20 Å². The summed E-state index contributed by atoms with van der Waals surface area (Å²) in [6.45, 7) is 0.561. The number of hydrogen-bond donors (Lipinski definition) is 2. The minimum Gasteiger partial charge on any atom is -0.364 e. The molecule has 2 heterocycles. The molecule has 6 heteroatoms. The molecule has 0 saturated carbocycles. The van der Waals surface area contributed by atoms with Gasteiger partial charge in [0.1, 0.15) is 0 Å². The van der Waals surface area contributed by atoms with Crippen molar-refractivity contribution < 1.29 is 0 Å². The van der Waals surface area contributed by atoms with Crippen molar-refractivity contribution in [2.75, 3.05) is 5.32 Å². The van der Waals surface area contributed by atoms with Crippen LogP contribution in [0.3, 0.4) is 0 Å². The molecule has 0 saturated heterocycles. The number of nitrogens with one attached hydrogen (secondary N) is 2. The van der Waals surface area contributed by atoms with Gasteiger partial charge < -0.3 is 5.32 Å². The number of nitrogens with zero attached hydrogens (tertiary/aromatic N) is 3. The Balaban J connectivity index is 2.02. The Kier molecular flexibility index (Phi) is 2.68. The zero-order valence-electron chi connectivity index (χ0n) is 7.84. The van der Waals surface area contributed by atoms with Crippen LogP contribution in [0.2, 0.25) is 0 Å². The molecule has 2 rings (SSSR count).